The first-order chi connectivity index (χ1) is 14.7. The topological polar surface area (TPSA) is 154 Å². The van der Waals surface area contributed by atoms with Gasteiger partial charge in [0.25, 0.3) is 0 Å². The fraction of sp³-hybridized carbons (Fsp3) is 0.842. The number of alkyl halides is 2. The lowest BCUT2D eigenvalue weighted by Gasteiger charge is -2.40. The van der Waals surface area contributed by atoms with E-state index in [4.69, 9.17) is 14.0 Å². The van der Waals surface area contributed by atoms with E-state index in [9.17, 15) is 36.7 Å². The van der Waals surface area contributed by atoms with Gasteiger partial charge in [0.1, 0.15) is 12.2 Å². The molecule has 3 aliphatic rings. The highest BCUT2D eigenvalue weighted by atomic mass is 32.2. The van der Waals surface area contributed by atoms with E-state index in [2.05, 4.69) is 4.74 Å². The first-order valence-electron chi connectivity index (χ1n) is 10.4. The van der Waals surface area contributed by atoms with Gasteiger partial charge in [0.2, 0.25) is 0 Å². The summed E-state index contributed by atoms with van der Waals surface area (Å²) in [6.45, 7) is 0.588. The summed E-state index contributed by atoms with van der Waals surface area (Å²) in [5.41, 5.74) is -1.03. The van der Waals surface area contributed by atoms with Gasteiger partial charge in [-0.3, -0.25) is 18.9 Å². The van der Waals surface area contributed by atoms with Crippen molar-refractivity contribution in [3.63, 3.8) is 0 Å². The lowest BCUT2D eigenvalue weighted by Crippen LogP contribution is -2.47. The molecule has 2 bridgehead atoms. The molecule has 0 aromatic rings. The number of ether oxygens (including phenoxy) is 3. The van der Waals surface area contributed by atoms with Gasteiger partial charge in [-0.25, -0.2) is 0 Å². The second-order valence-electron chi connectivity index (χ2n) is 8.67. The number of carbonyl (C=O) groups is 3. The second kappa shape index (κ2) is 8.82. The maximum Gasteiger partial charge on any atom is 0.405 e. The van der Waals surface area contributed by atoms with Crippen LogP contribution in [0.5, 0.6) is 0 Å². The molecular formula is C19H26F2O10S. The van der Waals surface area contributed by atoms with Crippen molar-refractivity contribution in [2.24, 2.45) is 11.8 Å². The summed E-state index contributed by atoms with van der Waals surface area (Å²) in [7, 11) is -5.79. The largest absolute Gasteiger partial charge is 0.458 e. The van der Waals surface area contributed by atoms with Crippen LogP contribution in [-0.2, 0) is 38.7 Å². The number of rotatable bonds is 8. The van der Waals surface area contributed by atoms with E-state index in [1.54, 1.807) is 0 Å². The highest BCUT2D eigenvalue weighted by molar-refractivity contribution is 7.86. The Morgan fingerprint density at radius 1 is 1.22 bits per heavy atom. The van der Waals surface area contributed by atoms with Crippen LogP contribution in [0.2, 0.25) is 0 Å². The SMILES string of the molecule is CC(OC(=O)CCC(=O)OC1CC(C2(O)CCCC2)C2CC1OC2=O)C(F)(F)S(=O)(=O)O. The van der Waals surface area contributed by atoms with Gasteiger partial charge in [-0.2, -0.15) is 17.2 Å². The minimum atomic E-state index is -5.79. The highest BCUT2D eigenvalue weighted by Crippen LogP contribution is 2.49. The van der Waals surface area contributed by atoms with Gasteiger partial charge in [-0.1, -0.05) is 12.8 Å². The summed E-state index contributed by atoms with van der Waals surface area (Å²) in [6.07, 6.45) is -1.84. The van der Waals surface area contributed by atoms with Gasteiger partial charge >= 0.3 is 33.3 Å². The summed E-state index contributed by atoms with van der Waals surface area (Å²) >= 11 is 0. The number of halogens is 2. The lowest BCUT2D eigenvalue weighted by atomic mass is 9.69. The van der Waals surface area contributed by atoms with Gasteiger partial charge < -0.3 is 19.3 Å². The van der Waals surface area contributed by atoms with Crippen LogP contribution in [0.15, 0.2) is 0 Å². The van der Waals surface area contributed by atoms with Gasteiger partial charge in [-0.05, 0) is 26.2 Å². The van der Waals surface area contributed by atoms with Crippen molar-refractivity contribution >= 4 is 28.0 Å². The van der Waals surface area contributed by atoms with Gasteiger partial charge in [-0.15, -0.1) is 0 Å². The van der Waals surface area contributed by atoms with E-state index in [-0.39, 0.29) is 6.42 Å². The molecule has 0 radical (unpaired) electrons. The van der Waals surface area contributed by atoms with E-state index >= 15 is 0 Å². The Kier molecular flexibility index (Phi) is 6.83. The van der Waals surface area contributed by atoms with Crippen molar-refractivity contribution in [3.05, 3.63) is 0 Å². The van der Waals surface area contributed by atoms with E-state index in [0.29, 0.717) is 26.2 Å². The van der Waals surface area contributed by atoms with Crippen molar-refractivity contribution in [1.29, 1.82) is 0 Å². The van der Waals surface area contributed by atoms with Crippen molar-refractivity contribution in [1.82, 2.24) is 0 Å². The van der Waals surface area contributed by atoms with E-state index in [1.807, 2.05) is 0 Å². The Morgan fingerprint density at radius 2 is 1.81 bits per heavy atom. The first-order valence-corrected chi connectivity index (χ1v) is 11.9. The summed E-state index contributed by atoms with van der Waals surface area (Å²) in [4.78, 5) is 36.1. The Hall–Kier alpha value is -1.86. The van der Waals surface area contributed by atoms with Crippen molar-refractivity contribution in [2.75, 3.05) is 0 Å². The minimum Gasteiger partial charge on any atom is -0.458 e. The van der Waals surface area contributed by atoms with Crippen LogP contribution in [0.25, 0.3) is 0 Å². The second-order valence-corrected chi connectivity index (χ2v) is 10.2. The molecule has 1 aliphatic heterocycles. The number of aliphatic hydroxyl groups is 1. The van der Waals surface area contributed by atoms with E-state index in [1.165, 1.54) is 0 Å². The van der Waals surface area contributed by atoms with Crippen LogP contribution >= 0.6 is 0 Å². The third-order valence-electron chi connectivity index (χ3n) is 6.54. The molecule has 0 spiro atoms. The standard InChI is InChI=1S/C19H26F2O10S/c1-10(19(20,21)32(26,27)28)29-15(22)4-5-16(23)30-14-9-12(18(25)6-2-3-7-18)11-8-13(14)31-17(11)24/h10-14,25H,2-9H2,1H3,(H,26,27,28). The average Bonchev–Trinajstić information content (AvgIpc) is 3.26. The van der Waals surface area contributed by atoms with Crippen molar-refractivity contribution < 1.29 is 55.5 Å². The number of esters is 3. The first kappa shape index (κ1) is 24.8. The summed E-state index contributed by atoms with van der Waals surface area (Å²) in [5.74, 6) is -3.45. The monoisotopic (exact) mass is 484 g/mol. The summed E-state index contributed by atoms with van der Waals surface area (Å²) < 4.78 is 71.7. The molecule has 2 saturated carbocycles. The van der Waals surface area contributed by atoms with Crippen LogP contribution in [0.1, 0.15) is 58.3 Å². The summed E-state index contributed by atoms with van der Waals surface area (Å²) in [5, 5.41) is 6.25. The Balaban J connectivity index is 1.53. The Bertz CT molecular complexity index is 867. The van der Waals surface area contributed by atoms with Gasteiger partial charge in [0.05, 0.1) is 24.4 Å². The molecule has 3 fully saturated rings. The molecule has 5 unspecified atom stereocenters. The fourth-order valence-electron chi connectivity index (χ4n) is 4.80. The van der Waals surface area contributed by atoms with E-state index < -0.39 is 81.9 Å². The van der Waals surface area contributed by atoms with E-state index in [0.717, 1.165) is 12.8 Å². The van der Waals surface area contributed by atoms with Crippen LogP contribution in [0.3, 0.4) is 0 Å². The number of hydrogen-bond acceptors (Lipinski definition) is 9. The zero-order valence-electron chi connectivity index (χ0n) is 17.4. The zero-order chi connectivity index (χ0) is 23.9. The molecule has 0 amide bonds. The molecule has 1 saturated heterocycles. The minimum absolute atomic E-state index is 0.228. The molecule has 1 heterocycles. The number of hydrogen-bond donors (Lipinski definition) is 2. The van der Waals surface area contributed by atoms with Crippen LogP contribution in [0.4, 0.5) is 8.78 Å². The highest BCUT2D eigenvalue weighted by Gasteiger charge is 2.57. The van der Waals surface area contributed by atoms with Gasteiger partial charge in [0.15, 0.2) is 6.10 Å². The van der Waals surface area contributed by atoms with Crippen LogP contribution in [-0.4, -0.2) is 65.2 Å². The predicted octanol–water partition coefficient (Wildman–Crippen LogP) is 1.35. The molecule has 13 heteroatoms. The number of carbonyl (C=O) groups excluding carboxylic acids is 3. The Morgan fingerprint density at radius 3 is 2.41 bits per heavy atom. The molecule has 2 N–H and O–H groups in total. The predicted molar refractivity (Wildman–Crippen MR) is 101 cm³/mol. The maximum absolute atomic E-state index is 13.4. The fourth-order valence-corrected chi connectivity index (χ4v) is 5.26. The van der Waals surface area contributed by atoms with Crippen LogP contribution in [0, 0.1) is 11.8 Å². The maximum atomic E-state index is 13.4. The third kappa shape index (κ3) is 4.88. The Labute approximate surface area is 183 Å². The molecule has 0 aromatic heterocycles. The number of fused-ring (bicyclic) bond motifs is 2. The zero-order valence-corrected chi connectivity index (χ0v) is 18.2. The molecule has 2 aliphatic carbocycles. The molecule has 32 heavy (non-hydrogen) atoms. The molecule has 3 rings (SSSR count). The smallest absolute Gasteiger partial charge is 0.405 e. The molecule has 0 aromatic carbocycles. The molecule has 10 nitrogen and oxygen atoms in total. The quantitative estimate of drug-likeness (QED) is 0.293. The summed E-state index contributed by atoms with van der Waals surface area (Å²) in [6, 6.07) is 0. The van der Waals surface area contributed by atoms with Crippen molar-refractivity contribution in [2.45, 2.75) is 87.5 Å². The molecule has 5 atom stereocenters. The molecular weight excluding hydrogens is 458 g/mol. The molecule has 182 valence electrons. The average molecular weight is 484 g/mol. The van der Waals surface area contributed by atoms with Gasteiger partial charge in [0, 0.05) is 12.3 Å². The normalized spacial score (nSPS) is 30.5. The lowest BCUT2D eigenvalue weighted by molar-refractivity contribution is -0.167. The van der Waals surface area contributed by atoms with Crippen LogP contribution < -0.4 is 0 Å². The third-order valence-corrected chi connectivity index (χ3v) is 7.56. The van der Waals surface area contributed by atoms with Crippen molar-refractivity contribution in [3.8, 4) is 0 Å².